The standard InChI is InChI=1S/C15H17NO4/c1-9-14(15(17)18-3)12-6-10(19-7-11-8-20-11)4-5-13(12)16(9)2/h4-6,11H,7-8H2,1-3H3. The number of methoxy groups -OCH3 is 1. The molecular weight excluding hydrogens is 258 g/mol. The SMILES string of the molecule is COC(=O)c1c(C)n(C)c2ccc(OCC3CO3)cc12. The van der Waals surface area contributed by atoms with Gasteiger partial charge < -0.3 is 18.8 Å². The van der Waals surface area contributed by atoms with Crippen molar-refractivity contribution in [3.63, 3.8) is 0 Å². The monoisotopic (exact) mass is 275 g/mol. The molecular formula is C15H17NO4. The van der Waals surface area contributed by atoms with Crippen molar-refractivity contribution in [2.24, 2.45) is 7.05 Å². The molecule has 0 bridgehead atoms. The molecule has 5 heteroatoms. The highest BCUT2D eigenvalue weighted by Crippen LogP contribution is 2.29. The van der Waals surface area contributed by atoms with E-state index in [2.05, 4.69) is 0 Å². The highest BCUT2D eigenvalue weighted by atomic mass is 16.6. The molecule has 1 saturated heterocycles. The molecule has 2 heterocycles. The minimum atomic E-state index is -0.323. The van der Waals surface area contributed by atoms with Gasteiger partial charge in [-0.25, -0.2) is 4.79 Å². The van der Waals surface area contributed by atoms with Crippen LogP contribution in [0.5, 0.6) is 5.75 Å². The molecule has 0 aliphatic carbocycles. The van der Waals surface area contributed by atoms with Crippen LogP contribution in [0.25, 0.3) is 10.9 Å². The summed E-state index contributed by atoms with van der Waals surface area (Å²) in [7, 11) is 3.33. The number of epoxide rings is 1. The molecule has 1 aliphatic heterocycles. The fourth-order valence-electron chi connectivity index (χ4n) is 2.35. The van der Waals surface area contributed by atoms with Crippen LogP contribution in [0.2, 0.25) is 0 Å². The Labute approximate surface area is 117 Å². The lowest BCUT2D eigenvalue weighted by molar-refractivity contribution is 0.0602. The number of carbonyl (C=O) groups excluding carboxylic acids is 1. The second-order valence-corrected chi connectivity index (χ2v) is 4.96. The predicted octanol–water partition coefficient (Wildman–Crippen LogP) is 2.05. The zero-order valence-corrected chi connectivity index (χ0v) is 11.8. The second-order valence-electron chi connectivity index (χ2n) is 4.96. The molecule has 0 amide bonds. The Hall–Kier alpha value is -2.01. The number of nitrogens with zero attached hydrogens (tertiary/aromatic N) is 1. The van der Waals surface area contributed by atoms with Gasteiger partial charge in [-0.05, 0) is 25.1 Å². The highest BCUT2D eigenvalue weighted by Gasteiger charge is 2.24. The Morgan fingerprint density at radius 3 is 2.90 bits per heavy atom. The number of fused-ring (bicyclic) bond motifs is 1. The van der Waals surface area contributed by atoms with E-state index in [1.165, 1.54) is 7.11 Å². The summed E-state index contributed by atoms with van der Waals surface area (Å²) in [6.07, 6.45) is 0.211. The first-order valence-corrected chi connectivity index (χ1v) is 6.53. The minimum Gasteiger partial charge on any atom is -0.491 e. The predicted molar refractivity (Wildman–Crippen MR) is 74.2 cm³/mol. The van der Waals surface area contributed by atoms with Crippen molar-refractivity contribution in [3.8, 4) is 5.75 Å². The lowest BCUT2D eigenvalue weighted by Crippen LogP contribution is -2.04. The fourth-order valence-corrected chi connectivity index (χ4v) is 2.35. The Kier molecular flexibility index (Phi) is 3.14. The average Bonchev–Trinajstić information content (AvgIpc) is 3.25. The number of hydrogen-bond acceptors (Lipinski definition) is 4. The van der Waals surface area contributed by atoms with E-state index in [0.717, 1.165) is 29.0 Å². The van der Waals surface area contributed by atoms with Crippen LogP contribution in [0.15, 0.2) is 18.2 Å². The number of esters is 1. The van der Waals surface area contributed by atoms with E-state index < -0.39 is 0 Å². The molecule has 0 N–H and O–H groups in total. The summed E-state index contributed by atoms with van der Waals surface area (Å²) in [5.74, 6) is 0.416. The third-order valence-electron chi connectivity index (χ3n) is 3.69. The van der Waals surface area contributed by atoms with E-state index in [1.54, 1.807) is 0 Å². The summed E-state index contributed by atoms with van der Waals surface area (Å²) in [5.41, 5.74) is 2.46. The minimum absolute atomic E-state index is 0.211. The molecule has 1 aromatic heterocycles. The summed E-state index contributed by atoms with van der Waals surface area (Å²) in [6, 6.07) is 5.75. The third kappa shape index (κ3) is 2.14. The lowest BCUT2D eigenvalue weighted by atomic mass is 10.1. The molecule has 20 heavy (non-hydrogen) atoms. The van der Waals surface area contributed by atoms with Gasteiger partial charge in [-0.15, -0.1) is 0 Å². The number of carbonyl (C=O) groups is 1. The van der Waals surface area contributed by atoms with Crippen LogP contribution in [0.4, 0.5) is 0 Å². The second kappa shape index (κ2) is 4.83. The summed E-state index contributed by atoms with van der Waals surface area (Å²) < 4.78 is 17.6. The van der Waals surface area contributed by atoms with Gasteiger partial charge in [0, 0.05) is 23.6 Å². The van der Waals surface area contributed by atoms with Crippen molar-refractivity contribution in [3.05, 3.63) is 29.5 Å². The molecule has 0 saturated carbocycles. The quantitative estimate of drug-likeness (QED) is 0.633. The molecule has 0 spiro atoms. The van der Waals surface area contributed by atoms with Crippen molar-refractivity contribution < 1.29 is 19.0 Å². The van der Waals surface area contributed by atoms with Crippen LogP contribution in [0.3, 0.4) is 0 Å². The number of ether oxygens (including phenoxy) is 3. The molecule has 0 radical (unpaired) electrons. The largest absolute Gasteiger partial charge is 0.491 e. The van der Waals surface area contributed by atoms with Crippen LogP contribution < -0.4 is 4.74 Å². The maximum Gasteiger partial charge on any atom is 0.340 e. The normalized spacial score (nSPS) is 17.2. The molecule has 1 fully saturated rings. The first-order valence-electron chi connectivity index (χ1n) is 6.53. The zero-order valence-electron chi connectivity index (χ0n) is 11.8. The van der Waals surface area contributed by atoms with Gasteiger partial charge in [0.15, 0.2) is 0 Å². The number of benzene rings is 1. The topological polar surface area (TPSA) is 53.0 Å². The maximum atomic E-state index is 12.0. The number of rotatable bonds is 4. The van der Waals surface area contributed by atoms with Gasteiger partial charge in [0.1, 0.15) is 18.5 Å². The van der Waals surface area contributed by atoms with Crippen molar-refractivity contribution in [2.45, 2.75) is 13.0 Å². The van der Waals surface area contributed by atoms with Crippen molar-refractivity contribution in [1.29, 1.82) is 0 Å². The highest BCUT2D eigenvalue weighted by molar-refractivity contribution is 6.06. The number of aromatic nitrogens is 1. The molecule has 1 atom stereocenters. The van der Waals surface area contributed by atoms with Gasteiger partial charge >= 0.3 is 5.97 Å². The van der Waals surface area contributed by atoms with E-state index in [0.29, 0.717) is 12.2 Å². The van der Waals surface area contributed by atoms with Gasteiger partial charge in [0.2, 0.25) is 0 Å². The van der Waals surface area contributed by atoms with Gasteiger partial charge in [-0.1, -0.05) is 0 Å². The molecule has 5 nitrogen and oxygen atoms in total. The van der Waals surface area contributed by atoms with Crippen LogP contribution in [0, 0.1) is 6.92 Å². The summed E-state index contributed by atoms with van der Waals surface area (Å²) in [5, 5.41) is 0.853. The summed E-state index contributed by atoms with van der Waals surface area (Å²) >= 11 is 0. The first kappa shape index (κ1) is 13.0. The summed E-state index contributed by atoms with van der Waals surface area (Å²) in [4.78, 5) is 12.0. The van der Waals surface area contributed by atoms with Crippen molar-refractivity contribution in [1.82, 2.24) is 4.57 Å². The van der Waals surface area contributed by atoms with Crippen LogP contribution >= 0.6 is 0 Å². The van der Waals surface area contributed by atoms with Crippen LogP contribution in [0.1, 0.15) is 16.1 Å². The molecule has 106 valence electrons. The van der Waals surface area contributed by atoms with Crippen LogP contribution in [-0.4, -0.2) is 37.0 Å². The van der Waals surface area contributed by atoms with E-state index >= 15 is 0 Å². The molecule has 1 unspecified atom stereocenters. The lowest BCUT2D eigenvalue weighted by Gasteiger charge is -2.05. The molecule has 2 aromatic rings. The zero-order chi connectivity index (χ0) is 14.3. The van der Waals surface area contributed by atoms with Crippen molar-refractivity contribution in [2.75, 3.05) is 20.3 Å². The smallest absolute Gasteiger partial charge is 0.340 e. The van der Waals surface area contributed by atoms with E-state index in [4.69, 9.17) is 14.2 Å². The fraction of sp³-hybridized carbons (Fsp3) is 0.400. The number of hydrogen-bond donors (Lipinski definition) is 0. The van der Waals surface area contributed by atoms with E-state index in [-0.39, 0.29) is 12.1 Å². The van der Waals surface area contributed by atoms with Gasteiger partial charge in [0.05, 0.1) is 19.3 Å². The average molecular weight is 275 g/mol. The molecule has 1 aromatic carbocycles. The van der Waals surface area contributed by atoms with E-state index in [1.807, 2.05) is 36.7 Å². The number of aryl methyl sites for hydroxylation is 1. The Balaban J connectivity index is 2.03. The third-order valence-corrected chi connectivity index (χ3v) is 3.69. The van der Waals surface area contributed by atoms with Gasteiger partial charge in [0.25, 0.3) is 0 Å². The Bertz CT molecular complexity index is 670. The Morgan fingerprint density at radius 2 is 2.25 bits per heavy atom. The van der Waals surface area contributed by atoms with E-state index in [9.17, 15) is 4.79 Å². The Morgan fingerprint density at radius 1 is 1.50 bits per heavy atom. The summed E-state index contributed by atoms with van der Waals surface area (Å²) in [6.45, 7) is 3.22. The molecule has 1 aliphatic rings. The van der Waals surface area contributed by atoms with Crippen molar-refractivity contribution >= 4 is 16.9 Å². The molecule has 3 rings (SSSR count). The maximum absolute atomic E-state index is 12.0. The van der Waals surface area contributed by atoms with Gasteiger partial charge in [-0.3, -0.25) is 0 Å². The first-order chi connectivity index (χ1) is 9.61. The van der Waals surface area contributed by atoms with Crippen LogP contribution in [-0.2, 0) is 16.5 Å². The van der Waals surface area contributed by atoms with Gasteiger partial charge in [-0.2, -0.15) is 0 Å².